The fourth-order valence-electron chi connectivity index (χ4n) is 1.45. The molecule has 0 bridgehead atoms. The number of rotatable bonds is 4. The van der Waals surface area contributed by atoms with Gasteiger partial charge in [-0.3, -0.25) is 0 Å². The van der Waals surface area contributed by atoms with Gasteiger partial charge in [0.2, 0.25) is 0 Å². The Morgan fingerprint density at radius 3 is 2.57 bits per heavy atom. The molecule has 0 aliphatic rings. The van der Waals surface area contributed by atoms with Crippen molar-refractivity contribution in [3.05, 3.63) is 29.8 Å². The first-order valence-electron chi connectivity index (χ1n) is 4.98. The molecule has 2 heteroatoms. The number of aromatic hydroxyl groups is 1. The standard InChI is InChI=1S/C12H18O2/c1-3-12(2,9-13)8-10-5-4-6-11(14)7-10/h4-7,13-14H,3,8-9H2,1-2H3. The maximum absolute atomic E-state index is 9.29. The Balaban J connectivity index is 2.77. The van der Waals surface area contributed by atoms with Crippen LogP contribution in [0.15, 0.2) is 24.3 Å². The van der Waals surface area contributed by atoms with Gasteiger partial charge in [-0.1, -0.05) is 26.0 Å². The zero-order chi connectivity index (χ0) is 10.6. The van der Waals surface area contributed by atoms with E-state index in [9.17, 15) is 10.2 Å². The van der Waals surface area contributed by atoms with Gasteiger partial charge in [-0.15, -0.1) is 0 Å². The van der Waals surface area contributed by atoms with Crippen LogP contribution in [0, 0.1) is 5.41 Å². The Morgan fingerprint density at radius 2 is 2.07 bits per heavy atom. The molecule has 1 aromatic carbocycles. The fraction of sp³-hybridized carbons (Fsp3) is 0.500. The van der Waals surface area contributed by atoms with E-state index >= 15 is 0 Å². The maximum atomic E-state index is 9.29. The molecule has 0 aliphatic heterocycles. The molecule has 1 unspecified atom stereocenters. The van der Waals surface area contributed by atoms with Gasteiger partial charge in [-0.25, -0.2) is 0 Å². The van der Waals surface area contributed by atoms with Crippen molar-refractivity contribution in [3.63, 3.8) is 0 Å². The Bertz CT molecular complexity index is 290. The largest absolute Gasteiger partial charge is 0.508 e. The van der Waals surface area contributed by atoms with Crippen LogP contribution < -0.4 is 0 Å². The van der Waals surface area contributed by atoms with Crippen molar-refractivity contribution in [2.45, 2.75) is 26.7 Å². The second kappa shape index (κ2) is 4.47. The lowest BCUT2D eigenvalue weighted by atomic mass is 9.82. The number of phenolic OH excluding ortho intramolecular Hbond substituents is 1. The summed E-state index contributed by atoms with van der Waals surface area (Å²) >= 11 is 0. The fourth-order valence-corrected chi connectivity index (χ4v) is 1.45. The Morgan fingerprint density at radius 1 is 1.36 bits per heavy atom. The first-order valence-corrected chi connectivity index (χ1v) is 4.98. The highest BCUT2D eigenvalue weighted by molar-refractivity contribution is 5.27. The highest BCUT2D eigenvalue weighted by Crippen LogP contribution is 2.26. The third-order valence-corrected chi connectivity index (χ3v) is 2.78. The van der Waals surface area contributed by atoms with Crippen LogP contribution in [0.4, 0.5) is 0 Å². The summed E-state index contributed by atoms with van der Waals surface area (Å²) in [7, 11) is 0. The number of aliphatic hydroxyl groups is 1. The number of hydrogen-bond acceptors (Lipinski definition) is 2. The van der Waals surface area contributed by atoms with Crippen LogP contribution in [-0.2, 0) is 6.42 Å². The topological polar surface area (TPSA) is 40.5 Å². The predicted molar refractivity (Wildman–Crippen MR) is 57.3 cm³/mol. The highest BCUT2D eigenvalue weighted by atomic mass is 16.3. The molecular weight excluding hydrogens is 176 g/mol. The molecule has 1 rings (SSSR count). The molecule has 0 aliphatic carbocycles. The van der Waals surface area contributed by atoms with Crippen molar-refractivity contribution < 1.29 is 10.2 Å². The van der Waals surface area contributed by atoms with Gasteiger partial charge in [0, 0.05) is 6.61 Å². The Labute approximate surface area is 85.2 Å². The molecule has 0 saturated heterocycles. The zero-order valence-electron chi connectivity index (χ0n) is 8.83. The molecule has 1 atom stereocenters. The summed E-state index contributed by atoms with van der Waals surface area (Å²) < 4.78 is 0. The molecule has 2 N–H and O–H groups in total. The summed E-state index contributed by atoms with van der Waals surface area (Å²) in [5.41, 5.74) is 0.997. The van der Waals surface area contributed by atoms with Crippen LogP contribution in [0.5, 0.6) is 5.75 Å². The number of phenols is 1. The van der Waals surface area contributed by atoms with Crippen LogP contribution in [0.3, 0.4) is 0 Å². The minimum atomic E-state index is -0.0756. The lowest BCUT2D eigenvalue weighted by Crippen LogP contribution is -2.23. The van der Waals surface area contributed by atoms with Crippen molar-refractivity contribution in [2.75, 3.05) is 6.61 Å². The molecule has 78 valence electrons. The Hall–Kier alpha value is -1.02. The quantitative estimate of drug-likeness (QED) is 0.772. The molecule has 0 aromatic heterocycles. The average molecular weight is 194 g/mol. The van der Waals surface area contributed by atoms with Crippen molar-refractivity contribution in [1.29, 1.82) is 0 Å². The van der Waals surface area contributed by atoms with Gasteiger partial charge in [0.15, 0.2) is 0 Å². The lowest BCUT2D eigenvalue weighted by Gasteiger charge is -2.25. The minimum absolute atomic E-state index is 0.0756. The molecule has 2 nitrogen and oxygen atoms in total. The van der Waals surface area contributed by atoms with E-state index in [0.717, 1.165) is 18.4 Å². The van der Waals surface area contributed by atoms with E-state index in [2.05, 4.69) is 13.8 Å². The van der Waals surface area contributed by atoms with Gasteiger partial charge in [-0.2, -0.15) is 0 Å². The molecular formula is C12H18O2. The normalized spacial score (nSPS) is 15.1. The van der Waals surface area contributed by atoms with Crippen LogP contribution in [0.25, 0.3) is 0 Å². The van der Waals surface area contributed by atoms with Gasteiger partial charge in [-0.05, 0) is 36.0 Å². The summed E-state index contributed by atoms with van der Waals surface area (Å²) in [6.07, 6.45) is 1.73. The van der Waals surface area contributed by atoms with E-state index < -0.39 is 0 Å². The van der Waals surface area contributed by atoms with Gasteiger partial charge in [0.1, 0.15) is 5.75 Å². The van der Waals surface area contributed by atoms with Gasteiger partial charge >= 0.3 is 0 Å². The zero-order valence-corrected chi connectivity index (χ0v) is 8.83. The average Bonchev–Trinajstić information content (AvgIpc) is 2.18. The first-order chi connectivity index (χ1) is 6.59. The van der Waals surface area contributed by atoms with Crippen molar-refractivity contribution in [1.82, 2.24) is 0 Å². The predicted octanol–water partition coefficient (Wildman–Crippen LogP) is 2.34. The van der Waals surface area contributed by atoms with Gasteiger partial charge in [0.25, 0.3) is 0 Å². The third-order valence-electron chi connectivity index (χ3n) is 2.78. The molecule has 0 fully saturated rings. The molecule has 0 amide bonds. The number of benzene rings is 1. The minimum Gasteiger partial charge on any atom is -0.508 e. The molecule has 1 aromatic rings. The van der Waals surface area contributed by atoms with Gasteiger partial charge in [0.05, 0.1) is 0 Å². The molecule has 14 heavy (non-hydrogen) atoms. The molecule has 0 saturated carbocycles. The third kappa shape index (κ3) is 2.74. The highest BCUT2D eigenvalue weighted by Gasteiger charge is 2.21. The van der Waals surface area contributed by atoms with Crippen molar-refractivity contribution in [2.24, 2.45) is 5.41 Å². The first kappa shape index (κ1) is 11.1. The van der Waals surface area contributed by atoms with E-state index in [4.69, 9.17) is 0 Å². The summed E-state index contributed by atoms with van der Waals surface area (Å²) in [5.74, 6) is 0.291. The van der Waals surface area contributed by atoms with Crippen LogP contribution in [0.2, 0.25) is 0 Å². The second-order valence-electron chi connectivity index (χ2n) is 4.17. The summed E-state index contributed by atoms with van der Waals surface area (Å²) in [6.45, 7) is 4.30. The van der Waals surface area contributed by atoms with E-state index in [0.29, 0.717) is 5.75 Å². The van der Waals surface area contributed by atoms with E-state index in [1.165, 1.54) is 0 Å². The van der Waals surface area contributed by atoms with Gasteiger partial charge < -0.3 is 10.2 Å². The smallest absolute Gasteiger partial charge is 0.115 e. The van der Waals surface area contributed by atoms with Crippen LogP contribution in [-0.4, -0.2) is 16.8 Å². The SMILES string of the molecule is CCC(C)(CO)Cc1cccc(O)c1. The van der Waals surface area contributed by atoms with Crippen molar-refractivity contribution >= 4 is 0 Å². The lowest BCUT2D eigenvalue weighted by molar-refractivity contribution is 0.137. The molecule has 0 spiro atoms. The van der Waals surface area contributed by atoms with Crippen LogP contribution in [0.1, 0.15) is 25.8 Å². The molecule has 0 heterocycles. The number of aliphatic hydroxyl groups excluding tert-OH is 1. The van der Waals surface area contributed by atoms with Crippen molar-refractivity contribution in [3.8, 4) is 5.75 Å². The molecule has 0 radical (unpaired) electrons. The second-order valence-corrected chi connectivity index (χ2v) is 4.17. The number of hydrogen-bond donors (Lipinski definition) is 2. The summed E-state index contributed by atoms with van der Waals surface area (Å²) in [5, 5.41) is 18.5. The van der Waals surface area contributed by atoms with E-state index in [1.54, 1.807) is 12.1 Å². The maximum Gasteiger partial charge on any atom is 0.115 e. The van der Waals surface area contributed by atoms with E-state index in [1.807, 2.05) is 12.1 Å². The monoisotopic (exact) mass is 194 g/mol. The summed E-state index contributed by atoms with van der Waals surface area (Å²) in [4.78, 5) is 0. The summed E-state index contributed by atoms with van der Waals surface area (Å²) in [6, 6.07) is 7.22. The Kier molecular flexibility index (Phi) is 3.53. The van der Waals surface area contributed by atoms with E-state index in [-0.39, 0.29) is 12.0 Å². The van der Waals surface area contributed by atoms with Crippen LogP contribution >= 0.6 is 0 Å².